The molecule has 0 atom stereocenters. The van der Waals surface area contributed by atoms with Crippen molar-refractivity contribution in [2.24, 2.45) is 5.73 Å². The Balaban J connectivity index is 3.31. The van der Waals surface area contributed by atoms with Gasteiger partial charge in [0.2, 0.25) is 0 Å². The van der Waals surface area contributed by atoms with Crippen molar-refractivity contribution in [3.8, 4) is 0 Å². The van der Waals surface area contributed by atoms with Gasteiger partial charge in [-0.05, 0) is 19.4 Å². The van der Waals surface area contributed by atoms with Gasteiger partial charge in [-0.25, -0.2) is 0 Å². The zero-order valence-electron chi connectivity index (χ0n) is 8.31. The Morgan fingerprint density at radius 2 is 1.80 bits per heavy atom. The summed E-state index contributed by atoms with van der Waals surface area (Å²) in [6.45, 7) is 3.61. The summed E-state index contributed by atoms with van der Waals surface area (Å²) in [5, 5.41) is 0. The lowest BCUT2D eigenvalue weighted by atomic mass is 9.96. The molecule has 0 unspecified atom stereocenters. The van der Waals surface area contributed by atoms with Crippen molar-refractivity contribution in [1.29, 1.82) is 0 Å². The molecule has 10 heavy (non-hydrogen) atoms. The molecule has 0 aliphatic heterocycles. The topological polar surface area (TPSA) is 26.0 Å². The molecule has 0 saturated heterocycles. The summed E-state index contributed by atoms with van der Waals surface area (Å²) in [4.78, 5) is 0. The van der Waals surface area contributed by atoms with E-state index in [1.807, 2.05) is 0 Å². The van der Waals surface area contributed by atoms with E-state index in [0.29, 0.717) is 17.6 Å². The normalized spacial score (nSPS) is 14.3. The van der Waals surface area contributed by atoms with Crippen LogP contribution in [0.1, 0.15) is 22.2 Å². The van der Waals surface area contributed by atoms with E-state index < -0.39 is 5.54 Å². The Bertz CT molecular complexity index is 269. The zero-order valence-corrected chi connectivity index (χ0v) is 6.31. The standard InChI is InChI=1S/C9H13N/c1-9(2,10)8-6-4-3-5-7-8/h3-7H,10H2,1-2H3/i6D,7D. The molecular formula is C9H13N. The van der Waals surface area contributed by atoms with E-state index in [0.717, 1.165) is 0 Å². The van der Waals surface area contributed by atoms with Crippen LogP contribution in [-0.2, 0) is 5.54 Å². The third-order valence-electron chi connectivity index (χ3n) is 1.29. The van der Waals surface area contributed by atoms with Gasteiger partial charge >= 0.3 is 0 Å². The summed E-state index contributed by atoms with van der Waals surface area (Å²) in [6.07, 6.45) is 0. The maximum absolute atomic E-state index is 7.57. The van der Waals surface area contributed by atoms with Gasteiger partial charge in [0.05, 0.1) is 2.74 Å². The smallest absolute Gasteiger partial charge is 0.0626 e. The van der Waals surface area contributed by atoms with Gasteiger partial charge < -0.3 is 5.73 Å². The summed E-state index contributed by atoms with van der Waals surface area (Å²) in [7, 11) is 0. The number of nitrogens with two attached hydrogens (primary N) is 1. The van der Waals surface area contributed by atoms with Crippen molar-refractivity contribution in [2.45, 2.75) is 19.4 Å². The third-order valence-corrected chi connectivity index (χ3v) is 1.29. The molecule has 0 bridgehead atoms. The van der Waals surface area contributed by atoms with Gasteiger partial charge in [-0.15, -0.1) is 0 Å². The summed E-state index contributed by atoms with van der Waals surface area (Å²) < 4.78 is 15.1. The monoisotopic (exact) mass is 137 g/mol. The SMILES string of the molecule is [2H]c1cccc([2H])c1C(C)(C)N. The second kappa shape index (κ2) is 2.43. The van der Waals surface area contributed by atoms with Crippen molar-refractivity contribution in [2.75, 3.05) is 0 Å². The number of rotatable bonds is 1. The molecule has 1 heteroatoms. The quantitative estimate of drug-likeness (QED) is 0.628. The number of hydrogen-bond donors (Lipinski definition) is 1. The van der Waals surface area contributed by atoms with Crippen LogP contribution in [0, 0.1) is 0 Å². The Morgan fingerprint density at radius 1 is 1.30 bits per heavy atom. The Kier molecular flexibility index (Phi) is 1.19. The van der Waals surface area contributed by atoms with Gasteiger partial charge in [0.15, 0.2) is 0 Å². The minimum absolute atomic E-state index is 0.343. The highest BCUT2D eigenvalue weighted by atomic mass is 14.7. The van der Waals surface area contributed by atoms with Gasteiger partial charge in [0.25, 0.3) is 0 Å². The fourth-order valence-corrected chi connectivity index (χ4v) is 0.725. The van der Waals surface area contributed by atoms with Crippen molar-refractivity contribution < 1.29 is 2.74 Å². The molecule has 0 heterocycles. The van der Waals surface area contributed by atoms with Crippen LogP contribution in [0.5, 0.6) is 0 Å². The minimum atomic E-state index is -0.602. The van der Waals surface area contributed by atoms with Crippen LogP contribution >= 0.6 is 0 Å². The van der Waals surface area contributed by atoms with Gasteiger partial charge in [0.1, 0.15) is 0 Å². The fraction of sp³-hybridized carbons (Fsp3) is 0.333. The van der Waals surface area contributed by atoms with Crippen molar-refractivity contribution in [3.63, 3.8) is 0 Å². The second-order valence-electron chi connectivity index (χ2n) is 2.91. The van der Waals surface area contributed by atoms with E-state index in [1.54, 1.807) is 32.0 Å². The summed E-state index contributed by atoms with van der Waals surface area (Å²) >= 11 is 0. The molecule has 0 aromatic heterocycles. The Hall–Kier alpha value is -0.820. The fourth-order valence-electron chi connectivity index (χ4n) is 0.725. The first-order valence-corrected chi connectivity index (χ1v) is 3.28. The van der Waals surface area contributed by atoms with Gasteiger partial charge in [-0.1, -0.05) is 30.3 Å². The van der Waals surface area contributed by atoms with Crippen molar-refractivity contribution in [1.82, 2.24) is 0 Å². The molecule has 1 nitrogen and oxygen atoms in total. The average Bonchev–Trinajstić information content (AvgIpc) is 1.82. The predicted octanol–water partition coefficient (Wildman–Crippen LogP) is 1.88. The van der Waals surface area contributed by atoms with Crippen LogP contribution in [0.4, 0.5) is 0 Å². The number of benzene rings is 1. The van der Waals surface area contributed by atoms with Crippen LogP contribution in [0.15, 0.2) is 30.3 Å². The lowest BCUT2D eigenvalue weighted by Gasteiger charge is -2.18. The first-order valence-electron chi connectivity index (χ1n) is 4.28. The molecule has 1 aromatic carbocycles. The lowest BCUT2D eigenvalue weighted by Crippen LogP contribution is -2.28. The average molecular weight is 137 g/mol. The van der Waals surface area contributed by atoms with E-state index in [4.69, 9.17) is 8.48 Å². The molecule has 2 N–H and O–H groups in total. The maximum Gasteiger partial charge on any atom is 0.0626 e. The molecule has 0 spiro atoms. The first kappa shape index (κ1) is 4.91. The van der Waals surface area contributed by atoms with Crippen molar-refractivity contribution in [3.05, 3.63) is 35.8 Å². The molecular weight excluding hydrogens is 122 g/mol. The molecule has 0 amide bonds. The van der Waals surface area contributed by atoms with Crippen LogP contribution in [-0.4, -0.2) is 0 Å². The molecule has 1 rings (SSSR count). The third kappa shape index (κ3) is 1.58. The van der Waals surface area contributed by atoms with Crippen LogP contribution in [0.25, 0.3) is 0 Å². The van der Waals surface area contributed by atoms with Crippen molar-refractivity contribution >= 4 is 0 Å². The zero-order chi connectivity index (χ0) is 9.35. The van der Waals surface area contributed by atoms with E-state index >= 15 is 0 Å². The highest BCUT2D eigenvalue weighted by Gasteiger charge is 2.11. The largest absolute Gasteiger partial charge is 0.322 e. The highest BCUT2D eigenvalue weighted by molar-refractivity contribution is 5.21. The molecule has 0 fully saturated rings. The lowest BCUT2D eigenvalue weighted by molar-refractivity contribution is 0.554. The van der Waals surface area contributed by atoms with E-state index in [9.17, 15) is 0 Å². The molecule has 0 aliphatic carbocycles. The minimum Gasteiger partial charge on any atom is -0.322 e. The molecule has 1 aromatic rings. The van der Waals surface area contributed by atoms with Crippen LogP contribution in [0.3, 0.4) is 0 Å². The summed E-state index contributed by atoms with van der Waals surface area (Å²) in [6, 6.07) is 5.69. The summed E-state index contributed by atoms with van der Waals surface area (Å²) in [5.41, 5.74) is 5.82. The molecule has 54 valence electrons. The molecule has 0 radical (unpaired) electrons. The van der Waals surface area contributed by atoms with E-state index in [1.165, 1.54) is 0 Å². The summed E-state index contributed by atoms with van der Waals surface area (Å²) in [5.74, 6) is 0. The van der Waals surface area contributed by atoms with Gasteiger partial charge in [0, 0.05) is 5.54 Å². The second-order valence-corrected chi connectivity index (χ2v) is 2.91. The van der Waals surface area contributed by atoms with Gasteiger partial charge in [-0.2, -0.15) is 0 Å². The molecule has 0 saturated carbocycles. The Morgan fingerprint density at radius 3 is 2.10 bits per heavy atom. The van der Waals surface area contributed by atoms with Gasteiger partial charge in [-0.3, -0.25) is 0 Å². The van der Waals surface area contributed by atoms with Crippen LogP contribution < -0.4 is 5.73 Å². The maximum atomic E-state index is 7.57. The van der Waals surface area contributed by atoms with Crippen LogP contribution in [0.2, 0.25) is 0 Å². The number of hydrogen-bond acceptors (Lipinski definition) is 1. The Labute approximate surface area is 64.7 Å². The van der Waals surface area contributed by atoms with E-state index in [2.05, 4.69) is 0 Å². The first-order chi connectivity index (χ1) is 5.43. The molecule has 0 aliphatic rings. The predicted molar refractivity (Wildman–Crippen MR) is 43.7 cm³/mol. The highest BCUT2D eigenvalue weighted by Crippen LogP contribution is 2.14. The van der Waals surface area contributed by atoms with E-state index in [-0.39, 0.29) is 0 Å².